The van der Waals surface area contributed by atoms with Gasteiger partial charge in [-0.25, -0.2) is 4.98 Å². The summed E-state index contributed by atoms with van der Waals surface area (Å²) in [6.07, 6.45) is 3.13. The smallest absolute Gasteiger partial charge is 0.153 e. The van der Waals surface area contributed by atoms with Gasteiger partial charge in [0.1, 0.15) is 5.82 Å². The lowest BCUT2D eigenvalue weighted by atomic mass is 10.1. The number of unbranched alkanes of at least 4 members (excludes halogenated alkanes) is 1. The Morgan fingerprint density at radius 1 is 1.32 bits per heavy atom. The maximum atomic E-state index is 6.33. The van der Waals surface area contributed by atoms with Crippen molar-refractivity contribution in [3.05, 3.63) is 46.5 Å². The molecule has 22 heavy (non-hydrogen) atoms. The second kappa shape index (κ2) is 7.65. The number of imidazole rings is 1. The third-order valence-electron chi connectivity index (χ3n) is 3.88. The first-order valence-corrected chi connectivity index (χ1v) is 8.06. The van der Waals surface area contributed by atoms with Crippen molar-refractivity contribution in [1.29, 1.82) is 0 Å². The van der Waals surface area contributed by atoms with Crippen LogP contribution in [-0.4, -0.2) is 16.7 Å². The van der Waals surface area contributed by atoms with E-state index < -0.39 is 0 Å². The molecule has 0 spiro atoms. The maximum Gasteiger partial charge on any atom is 0.153 e. The van der Waals surface area contributed by atoms with Crippen molar-refractivity contribution >= 4 is 17.3 Å². The number of rotatable bonds is 7. The molecule has 1 aromatic heterocycles. The maximum absolute atomic E-state index is 6.33. The zero-order valence-electron chi connectivity index (χ0n) is 13.5. The normalized spacial score (nSPS) is 12.5. The van der Waals surface area contributed by atoms with Crippen molar-refractivity contribution in [3.8, 4) is 0 Å². The minimum absolute atomic E-state index is 0.137. The first kappa shape index (κ1) is 16.8. The van der Waals surface area contributed by atoms with E-state index in [2.05, 4.69) is 23.4 Å². The summed E-state index contributed by atoms with van der Waals surface area (Å²) in [5.41, 5.74) is 8.66. The van der Waals surface area contributed by atoms with Gasteiger partial charge in [0, 0.05) is 19.2 Å². The predicted octanol–water partition coefficient (Wildman–Crippen LogP) is 4.22. The van der Waals surface area contributed by atoms with Gasteiger partial charge in [-0.15, -0.1) is 0 Å². The van der Waals surface area contributed by atoms with Gasteiger partial charge in [-0.2, -0.15) is 0 Å². The highest BCUT2D eigenvalue weighted by atomic mass is 35.5. The summed E-state index contributed by atoms with van der Waals surface area (Å²) < 4.78 is 7.51. The van der Waals surface area contributed by atoms with E-state index in [9.17, 15) is 0 Å². The van der Waals surface area contributed by atoms with Gasteiger partial charge in [0.05, 0.1) is 18.3 Å². The second-order valence-electron chi connectivity index (χ2n) is 5.51. The zero-order chi connectivity index (χ0) is 16.1. The fraction of sp³-hybridized carbons (Fsp3) is 0.471. The number of anilines is 1. The van der Waals surface area contributed by atoms with Crippen LogP contribution < -0.4 is 5.73 Å². The van der Waals surface area contributed by atoms with Crippen LogP contribution in [0, 0.1) is 0 Å². The highest BCUT2D eigenvalue weighted by Crippen LogP contribution is 2.28. The minimum atomic E-state index is 0.137. The van der Waals surface area contributed by atoms with Crippen molar-refractivity contribution in [1.82, 2.24) is 9.55 Å². The molecular formula is C17H24ClN3O. The third kappa shape index (κ3) is 3.62. The number of ether oxygens (including phenoxy) is 1. The molecule has 1 heterocycles. The number of benzene rings is 1. The molecule has 1 aromatic carbocycles. The average Bonchev–Trinajstić information content (AvgIpc) is 2.82. The number of methoxy groups -OCH3 is 1. The molecule has 4 nitrogen and oxygen atoms in total. The molecule has 0 fully saturated rings. The van der Waals surface area contributed by atoms with E-state index >= 15 is 0 Å². The molecule has 1 atom stereocenters. The van der Waals surface area contributed by atoms with E-state index in [1.54, 1.807) is 7.11 Å². The van der Waals surface area contributed by atoms with Gasteiger partial charge >= 0.3 is 0 Å². The van der Waals surface area contributed by atoms with Crippen LogP contribution in [0.3, 0.4) is 0 Å². The molecule has 0 aliphatic carbocycles. The van der Waals surface area contributed by atoms with E-state index in [0.717, 1.165) is 36.5 Å². The summed E-state index contributed by atoms with van der Waals surface area (Å²) in [6, 6.07) is 8.08. The zero-order valence-corrected chi connectivity index (χ0v) is 14.2. The molecule has 0 bridgehead atoms. The van der Waals surface area contributed by atoms with Gasteiger partial charge in [0.2, 0.25) is 0 Å². The Morgan fingerprint density at radius 2 is 2.00 bits per heavy atom. The first-order chi connectivity index (χ1) is 10.6. The summed E-state index contributed by atoms with van der Waals surface area (Å²) in [6.45, 7) is 4.78. The Hall–Kier alpha value is -1.52. The summed E-state index contributed by atoms with van der Waals surface area (Å²) >= 11 is 6.33. The fourth-order valence-electron chi connectivity index (χ4n) is 2.64. The number of aryl methyl sites for hydroxylation is 1. The number of hydrogen-bond donors (Lipinski definition) is 1. The van der Waals surface area contributed by atoms with Crippen LogP contribution in [0.5, 0.6) is 0 Å². The summed E-state index contributed by atoms with van der Waals surface area (Å²) in [5.74, 6) is 1.02. The van der Waals surface area contributed by atoms with Gasteiger partial charge in [-0.3, -0.25) is 0 Å². The van der Waals surface area contributed by atoms with E-state index in [0.29, 0.717) is 11.8 Å². The number of nitrogens with zero attached hydrogens (tertiary/aromatic N) is 2. The highest BCUT2D eigenvalue weighted by Gasteiger charge is 2.20. The van der Waals surface area contributed by atoms with Gasteiger partial charge in [0.25, 0.3) is 0 Å². The van der Waals surface area contributed by atoms with Crippen molar-refractivity contribution in [2.75, 3.05) is 12.8 Å². The molecule has 1 unspecified atom stereocenters. The Labute approximate surface area is 137 Å². The van der Waals surface area contributed by atoms with Crippen LogP contribution in [0.1, 0.15) is 49.8 Å². The van der Waals surface area contributed by atoms with Crippen LogP contribution in [0.4, 0.5) is 5.69 Å². The SMILES string of the molecule is CCCCc1nc(Cl)c(COC)n1C(C)c1ccc(N)cc1. The number of aromatic nitrogens is 2. The van der Waals surface area contributed by atoms with E-state index in [1.807, 2.05) is 24.3 Å². The van der Waals surface area contributed by atoms with E-state index in [4.69, 9.17) is 22.1 Å². The molecule has 2 N–H and O–H groups in total. The molecule has 0 aliphatic heterocycles. The summed E-state index contributed by atoms with van der Waals surface area (Å²) in [7, 11) is 1.67. The lowest BCUT2D eigenvalue weighted by molar-refractivity contribution is 0.177. The Balaban J connectivity index is 2.42. The number of halogens is 1. The molecule has 0 saturated heterocycles. The summed E-state index contributed by atoms with van der Waals surface area (Å²) in [5, 5.41) is 0.537. The second-order valence-corrected chi connectivity index (χ2v) is 5.87. The third-order valence-corrected chi connectivity index (χ3v) is 4.18. The molecule has 5 heteroatoms. The Bertz CT molecular complexity index is 607. The van der Waals surface area contributed by atoms with Gasteiger partial charge in [-0.05, 0) is 31.0 Å². The fourth-order valence-corrected chi connectivity index (χ4v) is 2.89. The van der Waals surface area contributed by atoms with Crippen LogP contribution in [0.15, 0.2) is 24.3 Å². The molecule has 0 amide bonds. The van der Waals surface area contributed by atoms with Crippen LogP contribution in [0.2, 0.25) is 5.15 Å². The Kier molecular flexibility index (Phi) is 5.86. The highest BCUT2D eigenvalue weighted by molar-refractivity contribution is 6.30. The van der Waals surface area contributed by atoms with E-state index in [-0.39, 0.29) is 6.04 Å². The molecule has 0 aliphatic rings. The van der Waals surface area contributed by atoms with Crippen molar-refractivity contribution < 1.29 is 4.74 Å². The topological polar surface area (TPSA) is 53.1 Å². The van der Waals surface area contributed by atoms with Crippen LogP contribution >= 0.6 is 11.6 Å². The quantitative estimate of drug-likeness (QED) is 0.777. The number of hydrogen-bond acceptors (Lipinski definition) is 3. The first-order valence-electron chi connectivity index (χ1n) is 7.68. The molecular weight excluding hydrogens is 298 g/mol. The molecule has 0 radical (unpaired) electrons. The number of nitrogens with two attached hydrogens (primary N) is 1. The van der Waals surface area contributed by atoms with Crippen molar-refractivity contribution in [3.63, 3.8) is 0 Å². The molecule has 2 rings (SSSR count). The van der Waals surface area contributed by atoms with E-state index in [1.165, 1.54) is 5.56 Å². The largest absolute Gasteiger partial charge is 0.399 e. The standard InChI is InChI=1S/C17H24ClN3O/c1-4-5-6-16-20-17(18)15(11-22-3)21(16)12(2)13-7-9-14(19)10-8-13/h7-10,12H,4-6,11,19H2,1-3H3. The number of nitrogen functional groups attached to an aromatic ring is 1. The summed E-state index contributed by atoms with van der Waals surface area (Å²) in [4.78, 5) is 4.55. The van der Waals surface area contributed by atoms with Crippen molar-refractivity contribution in [2.45, 2.75) is 45.8 Å². The molecule has 0 saturated carbocycles. The molecule has 2 aromatic rings. The Morgan fingerprint density at radius 3 is 2.59 bits per heavy atom. The van der Waals surface area contributed by atoms with Gasteiger partial charge < -0.3 is 15.0 Å². The lowest BCUT2D eigenvalue weighted by Gasteiger charge is -2.20. The van der Waals surface area contributed by atoms with Crippen LogP contribution in [0.25, 0.3) is 0 Å². The van der Waals surface area contributed by atoms with Gasteiger partial charge in [-0.1, -0.05) is 37.1 Å². The minimum Gasteiger partial charge on any atom is -0.399 e. The average molecular weight is 322 g/mol. The van der Waals surface area contributed by atoms with Gasteiger partial charge in [0.15, 0.2) is 5.15 Å². The lowest BCUT2D eigenvalue weighted by Crippen LogP contribution is -2.14. The van der Waals surface area contributed by atoms with Crippen molar-refractivity contribution in [2.24, 2.45) is 0 Å². The van der Waals surface area contributed by atoms with Crippen LogP contribution in [-0.2, 0) is 17.8 Å². The molecule has 120 valence electrons. The predicted molar refractivity (Wildman–Crippen MR) is 91.2 cm³/mol. The monoisotopic (exact) mass is 321 g/mol.